The third-order valence-electron chi connectivity index (χ3n) is 5.37. The molecule has 0 bridgehead atoms. The molecule has 1 N–H and O–H groups in total. The number of rotatable bonds is 6. The summed E-state index contributed by atoms with van der Waals surface area (Å²) in [5.74, 6) is 0.0548. The first kappa shape index (κ1) is 23.5. The summed E-state index contributed by atoms with van der Waals surface area (Å²) in [5, 5.41) is 3.71. The highest BCUT2D eigenvalue weighted by molar-refractivity contribution is 9.10. The van der Waals surface area contributed by atoms with Crippen molar-refractivity contribution >= 4 is 79.0 Å². The molecule has 3 heterocycles. The van der Waals surface area contributed by atoms with Crippen molar-refractivity contribution in [3.8, 4) is 0 Å². The molecule has 10 heteroatoms. The topological polar surface area (TPSA) is 84.5 Å². The van der Waals surface area contributed by atoms with E-state index in [0.29, 0.717) is 23.0 Å². The summed E-state index contributed by atoms with van der Waals surface area (Å²) < 4.78 is 7.92. The summed E-state index contributed by atoms with van der Waals surface area (Å²) in [6, 6.07) is 15.9. The molecule has 1 fully saturated rings. The Hall–Kier alpha value is -3.27. The molecule has 1 saturated heterocycles. The van der Waals surface area contributed by atoms with Crippen molar-refractivity contribution in [1.29, 1.82) is 0 Å². The van der Waals surface area contributed by atoms with E-state index >= 15 is 0 Å². The van der Waals surface area contributed by atoms with Gasteiger partial charge in [-0.2, -0.15) is 0 Å². The zero-order valence-electron chi connectivity index (χ0n) is 18.0. The van der Waals surface area contributed by atoms with Gasteiger partial charge in [-0.3, -0.25) is 14.4 Å². The normalized spacial score (nSPS) is 14.9. The second kappa shape index (κ2) is 9.77. The van der Waals surface area contributed by atoms with E-state index in [9.17, 15) is 14.4 Å². The maximum Gasteiger partial charge on any atom is 0.298 e. The van der Waals surface area contributed by atoms with Crippen molar-refractivity contribution in [2.45, 2.75) is 13.1 Å². The van der Waals surface area contributed by atoms with Crippen LogP contribution in [-0.2, 0) is 22.7 Å². The summed E-state index contributed by atoms with van der Waals surface area (Å²) >= 11 is 10.4. The number of carbonyl (C=O) groups excluding carboxylic acids is 3. The fourth-order valence-corrected chi connectivity index (χ4v) is 5.18. The molecule has 0 unspecified atom stereocenters. The van der Waals surface area contributed by atoms with Gasteiger partial charge in [0.25, 0.3) is 11.1 Å². The maximum atomic E-state index is 13.1. The van der Waals surface area contributed by atoms with Crippen molar-refractivity contribution in [2.75, 3.05) is 4.90 Å². The first-order chi connectivity index (χ1) is 16.9. The number of amides is 3. The largest absolute Gasteiger partial charge is 0.467 e. The molecule has 0 spiro atoms. The minimum atomic E-state index is -0.422. The molecule has 1 aliphatic rings. The summed E-state index contributed by atoms with van der Waals surface area (Å²) in [6.07, 6.45) is 5.04. The summed E-state index contributed by atoms with van der Waals surface area (Å²) in [6.45, 7) is 0.372. The maximum absolute atomic E-state index is 13.1. The monoisotopic (exact) mass is 569 g/mol. The van der Waals surface area contributed by atoms with Gasteiger partial charge in [-0.15, -0.1) is 0 Å². The quantitative estimate of drug-likeness (QED) is 0.279. The molecule has 35 heavy (non-hydrogen) atoms. The van der Waals surface area contributed by atoms with Crippen LogP contribution in [0, 0.1) is 0 Å². The number of furan rings is 1. The molecule has 0 saturated carbocycles. The second-order valence-corrected chi connectivity index (χ2v) is 10.1. The first-order valence-corrected chi connectivity index (χ1v) is 12.5. The van der Waals surface area contributed by atoms with Crippen LogP contribution in [-0.4, -0.2) is 21.6 Å². The van der Waals surface area contributed by atoms with Crippen molar-refractivity contribution in [1.82, 2.24) is 9.88 Å². The Morgan fingerprint density at radius 3 is 2.77 bits per heavy atom. The molecule has 5 rings (SSSR count). The Labute approximate surface area is 217 Å². The van der Waals surface area contributed by atoms with Crippen LogP contribution < -0.4 is 10.2 Å². The van der Waals surface area contributed by atoms with Gasteiger partial charge in [0.2, 0.25) is 5.91 Å². The van der Waals surface area contributed by atoms with Crippen LogP contribution in [0.15, 0.2) is 80.9 Å². The Morgan fingerprint density at radius 1 is 1.14 bits per heavy atom. The number of imide groups is 1. The molecule has 1 aliphatic heterocycles. The summed E-state index contributed by atoms with van der Waals surface area (Å²) in [5.41, 5.74) is 1.96. The van der Waals surface area contributed by atoms with Crippen LogP contribution >= 0.6 is 39.3 Å². The third-order valence-corrected chi connectivity index (χ3v) is 6.97. The minimum absolute atomic E-state index is 0.0800. The molecule has 0 radical (unpaired) electrons. The van der Waals surface area contributed by atoms with Gasteiger partial charge in [0.1, 0.15) is 12.3 Å². The number of anilines is 1. The van der Waals surface area contributed by atoms with Crippen LogP contribution in [0.25, 0.3) is 17.0 Å². The van der Waals surface area contributed by atoms with Crippen LogP contribution in [0.5, 0.6) is 0 Å². The molecule has 176 valence electrons. The Kier molecular flexibility index (Phi) is 6.55. The summed E-state index contributed by atoms with van der Waals surface area (Å²) in [4.78, 5) is 39.7. The molecular formula is C25H17BrClN3O4S. The molecule has 0 atom stereocenters. The molecule has 0 aliphatic carbocycles. The Bertz CT molecular complexity index is 1500. The highest BCUT2D eigenvalue weighted by Gasteiger charge is 2.36. The predicted octanol–water partition coefficient (Wildman–Crippen LogP) is 6.21. The molecule has 2 aromatic heterocycles. The van der Waals surface area contributed by atoms with Gasteiger partial charge in [-0.1, -0.05) is 33.6 Å². The van der Waals surface area contributed by atoms with Crippen LogP contribution in [0.3, 0.4) is 0 Å². The lowest BCUT2D eigenvalue weighted by Gasteiger charge is -2.12. The van der Waals surface area contributed by atoms with Gasteiger partial charge in [0.05, 0.1) is 23.4 Å². The smallest absolute Gasteiger partial charge is 0.298 e. The molecule has 7 nitrogen and oxygen atoms in total. The Morgan fingerprint density at radius 2 is 2.00 bits per heavy atom. The van der Waals surface area contributed by atoms with Crippen molar-refractivity contribution in [3.63, 3.8) is 0 Å². The highest BCUT2D eigenvalue weighted by atomic mass is 79.9. The number of halogens is 2. The van der Waals surface area contributed by atoms with Gasteiger partial charge in [0.15, 0.2) is 0 Å². The number of aromatic nitrogens is 1. The van der Waals surface area contributed by atoms with Gasteiger partial charge in [-0.05, 0) is 66.4 Å². The zero-order valence-corrected chi connectivity index (χ0v) is 21.2. The van der Waals surface area contributed by atoms with E-state index in [4.69, 9.17) is 16.0 Å². The fraction of sp³-hybridized carbons (Fsp3) is 0.0800. The molecule has 4 aromatic rings. The average Bonchev–Trinajstić information content (AvgIpc) is 3.52. The van der Waals surface area contributed by atoms with Crippen molar-refractivity contribution in [2.24, 2.45) is 0 Å². The summed E-state index contributed by atoms with van der Waals surface area (Å²) in [7, 11) is 0. The van der Waals surface area contributed by atoms with E-state index in [-0.39, 0.29) is 17.4 Å². The minimum Gasteiger partial charge on any atom is -0.467 e. The lowest BCUT2D eigenvalue weighted by molar-refractivity contribution is -0.121. The first-order valence-electron chi connectivity index (χ1n) is 10.5. The van der Waals surface area contributed by atoms with Crippen LogP contribution in [0.2, 0.25) is 5.02 Å². The lowest BCUT2D eigenvalue weighted by Crippen LogP contribution is -2.27. The fourth-order valence-electron chi connectivity index (χ4n) is 3.80. The van der Waals surface area contributed by atoms with E-state index in [1.165, 1.54) is 0 Å². The standard InChI is InChI=1S/C25H17BrClN3O4S/c26-16-6-7-21-20(10-16)15(13-29(21)14-23(31)28-12-19-5-2-8-34-19)9-22-24(32)30(25(33)35-22)18-4-1-3-17(27)11-18/h1-11,13H,12,14H2,(H,28,31)/b22-9-. The molecular weight excluding hydrogens is 554 g/mol. The van der Waals surface area contributed by atoms with Gasteiger partial charge in [0, 0.05) is 32.2 Å². The van der Waals surface area contributed by atoms with E-state index in [1.54, 1.807) is 54.9 Å². The number of fused-ring (bicyclic) bond motifs is 1. The van der Waals surface area contributed by atoms with Crippen LogP contribution in [0.1, 0.15) is 11.3 Å². The highest BCUT2D eigenvalue weighted by Crippen LogP contribution is 2.37. The second-order valence-electron chi connectivity index (χ2n) is 7.73. The van der Waals surface area contributed by atoms with Crippen molar-refractivity contribution in [3.05, 3.63) is 92.8 Å². The van der Waals surface area contributed by atoms with Crippen LogP contribution in [0.4, 0.5) is 10.5 Å². The van der Waals surface area contributed by atoms with Gasteiger partial charge >= 0.3 is 0 Å². The average molecular weight is 571 g/mol. The number of benzene rings is 2. The number of nitrogens with one attached hydrogen (secondary N) is 1. The molecule has 2 aromatic carbocycles. The van der Waals surface area contributed by atoms with E-state index < -0.39 is 11.1 Å². The molecule has 3 amide bonds. The number of thioether (sulfide) groups is 1. The number of hydrogen-bond acceptors (Lipinski definition) is 5. The SMILES string of the molecule is O=C(Cn1cc(/C=C2\SC(=O)N(c3cccc(Cl)c3)C2=O)c2cc(Br)ccc21)NCc1ccco1. The third kappa shape index (κ3) is 4.93. The number of carbonyl (C=O) groups is 3. The zero-order chi connectivity index (χ0) is 24.5. The van der Waals surface area contributed by atoms with Gasteiger partial charge < -0.3 is 14.3 Å². The van der Waals surface area contributed by atoms with E-state index in [2.05, 4.69) is 21.2 Å². The lowest BCUT2D eigenvalue weighted by atomic mass is 10.1. The van der Waals surface area contributed by atoms with Crippen molar-refractivity contribution < 1.29 is 18.8 Å². The number of hydrogen-bond donors (Lipinski definition) is 1. The van der Waals surface area contributed by atoms with E-state index in [0.717, 1.165) is 37.6 Å². The predicted molar refractivity (Wildman–Crippen MR) is 140 cm³/mol. The van der Waals surface area contributed by atoms with Gasteiger partial charge in [-0.25, -0.2) is 4.90 Å². The van der Waals surface area contributed by atoms with E-state index in [1.807, 2.05) is 22.8 Å². The Balaban J connectivity index is 1.44. The number of nitrogens with zero attached hydrogens (tertiary/aromatic N) is 2.